The first-order chi connectivity index (χ1) is 14.6. The Balaban J connectivity index is 1.14. The van der Waals surface area contributed by atoms with E-state index in [0.29, 0.717) is 29.2 Å². The smallest absolute Gasteiger partial charge is 0.261 e. The van der Waals surface area contributed by atoms with E-state index in [1.54, 1.807) is 30.3 Å². The Morgan fingerprint density at radius 3 is 2.40 bits per heavy atom. The fourth-order valence-electron chi connectivity index (χ4n) is 4.55. The number of halogens is 1. The maximum absolute atomic E-state index is 13.4. The number of amides is 2. The van der Waals surface area contributed by atoms with Gasteiger partial charge in [-0.15, -0.1) is 0 Å². The van der Waals surface area contributed by atoms with E-state index in [-0.39, 0.29) is 17.6 Å². The number of benzene rings is 2. The Kier molecular flexibility index (Phi) is 4.83. The van der Waals surface area contributed by atoms with Gasteiger partial charge in [-0.1, -0.05) is 17.3 Å². The van der Waals surface area contributed by atoms with Crippen LogP contribution in [0.5, 0.6) is 0 Å². The fraction of sp³-hybridized carbons (Fsp3) is 0.348. The second kappa shape index (κ2) is 7.65. The van der Waals surface area contributed by atoms with Crippen molar-refractivity contribution < 1.29 is 18.5 Å². The molecule has 0 unspecified atom stereocenters. The number of carbonyl (C=O) groups excluding carboxylic acids is 2. The first kappa shape index (κ1) is 18.9. The predicted molar refractivity (Wildman–Crippen MR) is 109 cm³/mol. The fourth-order valence-corrected chi connectivity index (χ4v) is 4.55. The molecule has 0 spiro atoms. The monoisotopic (exact) mass is 407 g/mol. The highest BCUT2D eigenvalue weighted by molar-refractivity contribution is 6.21. The molecule has 0 atom stereocenters. The highest BCUT2D eigenvalue weighted by atomic mass is 19.1. The molecule has 0 bridgehead atoms. The summed E-state index contributed by atoms with van der Waals surface area (Å²) in [5.41, 5.74) is 2.41. The van der Waals surface area contributed by atoms with Gasteiger partial charge in [-0.2, -0.15) is 0 Å². The Morgan fingerprint density at radius 1 is 1.00 bits per heavy atom. The topological polar surface area (TPSA) is 66.7 Å². The molecule has 3 heterocycles. The molecule has 2 amide bonds. The summed E-state index contributed by atoms with van der Waals surface area (Å²) in [5, 5.41) is 5.08. The zero-order chi connectivity index (χ0) is 20.7. The van der Waals surface area contributed by atoms with Gasteiger partial charge in [0, 0.05) is 23.9 Å². The van der Waals surface area contributed by atoms with Crippen molar-refractivity contribution in [2.45, 2.75) is 25.2 Å². The van der Waals surface area contributed by atoms with Crippen molar-refractivity contribution in [1.82, 2.24) is 15.0 Å². The molecular weight excluding hydrogens is 385 g/mol. The average molecular weight is 407 g/mol. The third kappa shape index (κ3) is 3.29. The summed E-state index contributed by atoms with van der Waals surface area (Å²) in [6.07, 6.45) is 2.65. The van der Waals surface area contributed by atoms with Crippen molar-refractivity contribution in [3.05, 3.63) is 65.1 Å². The van der Waals surface area contributed by atoms with Crippen LogP contribution in [0.1, 0.15) is 51.6 Å². The summed E-state index contributed by atoms with van der Waals surface area (Å²) in [6, 6.07) is 11.5. The van der Waals surface area contributed by atoms with E-state index < -0.39 is 0 Å². The molecule has 0 N–H and O–H groups in total. The second-order valence-electron chi connectivity index (χ2n) is 7.99. The first-order valence-electron chi connectivity index (χ1n) is 10.3. The van der Waals surface area contributed by atoms with E-state index in [1.165, 1.54) is 17.0 Å². The molecule has 154 valence electrons. The van der Waals surface area contributed by atoms with Crippen LogP contribution in [0, 0.1) is 5.82 Å². The molecule has 1 saturated heterocycles. The highest BCUT2D eigenvalue weighted by Crippen LogP contribution is 2.33. The Morgan fingerprint density at radius 2 is 1.70 bits per heavy atom. The second-order valence-corrected chi connectivity index (χ2v) is 7.99. The number of aromatic nitrogens is 1. The summed E-state index contributed by atoms with van der Waals surface area (Å²) in [4.78, 5) is 28.6. The zero-order valence-corrected chi connectivity index (χ0v) is 16.5. The molecule has 7 heteroatoms. The standard InChI is InChI=1S/C23H22FN3O3/c24-16-6-7-19-20(14-16)30-25-21(19)15-8-12-26(13-9-15)10-3-11-27-22(28)17-4-1-2-5-18(17)23(27)29/h1-2,4-7,14-15H,3,8-13H2. The minimum absolute atomic E-state index is 0.191. The number of likely N-dealkylation sites (tertiary alicyclic amines) is 1. The number of hydrogen-bond acceptors (Lipinski definition) is 5. The molecule has 0 saturated carbocycles. The lowest BCUT2D eigenvalue weighted by Gasteiger charge is -2.31. The van der Waals surface area contributed by atoms with Gasteiger partial charge >= 0.3 is 0 Å². The van der Waals surface area contributed by atoms with E-state index >= 15 is 0 Å². The van der Waals surface area contributed by atoms with Gasteiger partial charge in [0.15, 0.2) is 5.58 Å². The Bertz CT molecular complexity index is 1080. The highest BCUT2D eigenvalue weighted by Gasteiger charge is 2.34. The normalized spacial score (nSPS) is 17.8. The van der Waals surface area contributed by atoms with Crippen LogP contribution in [0.2, 0.25) is 0 Å². The van der Waals surface area contributed by atoms with Crippen molar-refractivity contribution in [3.63, 3.8) is 0 Å². The van der Waals surface area contributed by atoms with Gasteiger partial charge in [0.25, 0.3) is 11.8 Å². The molecule has 0 aliphatic carbocycles. The van der Waals surface area contributed by atoms with E-state index in [4.69, 9.17) is 4.52 Å². The Labute approximate surface area is 173 Å². The number of hydrogen-bond donors (Lipinski definition) is 0. The molecule has 30 heavy (non-hydrogen) atoms. The van der Waals surface area contributed by atoms with E-state index in [0.717, 1.165) is 50.0 Å². The minimum Gasteiger partial charge on any atom is -0.356 e. The number of imide groups is 1. The number of fused-ring (bicyclic) bond motifs is 2. The first-order valence-corrected chi connectivity index (χ1v) is 10.3. The van der Waals surface area contributed by atoms with Crippen LogP contribution in [-0.2, 0) is 0 Å². The lowest BCUT2D eigenvalue weighted by Crippen LogP contribution is -2.37. The van der Waals surface area contributed by atoms with Gasteiger partial charge in [0.2, 0.25) is 0 Å². The summed E-state index contributed by atoms with van der Waals surface area (Å²) in [7, 11) is 0. The van der Waals surface area contributed by atoms with Crippen LogP contribution in [0.4, 0.5) is 4.39 Å². The van der Waals surface area contributed by atoms with Gasteiger partial charge in [-0.25, -0.2) is 4.39 Å². The number of piperidine rings is 1. The Hall–Kier alpha value is -3.06. The van der Waals surface area contributed by atoms with Gasteiger partial charge in [0.1, 0.15) is 5.82 Å². The van der Waals surface area contributed by atoms with Crippen LogP contribution >= 0.6 is 0 Å². The van der Waals surface area contributed by atoms with Gasteiger partial charge in [0.05, 0.1) is 16.8 Å². The van der Waals surface area contributed by atoms with Crippen LogP contribution in [0.3, 0.4) is 0 Å². The maximum Gasteiger partial charge on any atom is 0.261 e. The van der Waals surface area contributed by atoms with Crippen LogP contribution < -0.4 is 0 Å². The molecule has 2 aliphatic heterocycles. The molecule has 5 rings (SSSR count). The van der Waals surface area contributed by atoms with Crippen LogP contribution in [-0.4, -0.2) is 52.9 Å². The van der Waals surface area contributed by atoms with Crippen LogP contribution in [0.15, 0.2) is 47.0 Å². The number of rotatable bonds is 5. The molecule has 0 radical (unpaired) electrons. The summed E-state index contributed by atoms with van der Waals surface area (Å²) in [5.74, 6) is -0.408. The number of carbonyl (C=O) groups is 2. The summed E-state index contributed by atoms with van der Waals surface area (Å²) >= 11 is 0. The third-order valence-electron chi connectivity index (χ3n) is 6.17. The van der Waals surface area contributed by atoms with Crippen LogP contribution in [0.25, 0.3) is 11.0 Å². The van der Waals surface area contributed by atoms with Gasteiger partial charge in [-0.05, 0) is 63.2 Å². The van der Waals surface area contributed by atoms with Crippen molar-refractivity contribution in [3.8, 4) is 0 Å². The van der Waals surface area contributed by atoms with Gasteiger partial charge < -0.3 is 9.42 Å². The lowest BCUT2D eigenvalue weighted by atomic mass is 9.91. The SMILES string of the molecule is O=C1c2ccccc2C(=O)N1CCCN1CCC(c2noc3cc(F)ccc23)CC1. The minimum atomic E-state index is -0.321. The maximum atomic E-state index is 13.4. The van der Waals surface area contributed by atoms with Crippen molar-refractivity contribution >= 4 is 22.8 Å². The molecule has 1 aromatic heterocycles. The molecule has 2 aliphatic rings. The van der Waals surface area contributed by atoms with Crippen molar-refractivity contribution in [2.75, 3.05) is 26.2 Å². The molecule has 1 fully saturated rings. The van der Waals surface area contributed by atoms with E-state index in [9.17, 15) is 14.0 Å². The van der Waals surface area contributed by atoms with E-state index in [1.807, 2.05) is 0 Å². The molecule has 2 aromatic carbocycles. The van der Waals surface area contributed by atoms with Crippen molar-refractivity contribution in [2.24, 2.45) is 0 Å². The molecule has 6 nitrogen and oxygen atoms in total. The predicted octanol–water partition coefficient (Wildman–Crippen LogP) is 3.83. The average Bonchev–Trinajstić information content (AvgIpc) is 3.29. The lowest BCUT2D eigenvalue weighted by molar-refractivity contribution is 0.0645. The number of nitrogens with zero attached hydrogens (tertiary/aromatic N) is 3. The third-order valence-corrected chi connectivity index (χ3v) is 6.17. The van der Waals surface area contributed by atoms with E-state index in [2.05, 4.69) is 10.1 Å². The largest absolute Gasteiger partial charge is 0.356 e. The molecular formula is C23H22FN3O3. The summed E-state index contributed by atoms with van der Waals surface area (Å²) < 4.78 is 18.7. The zero-order valence-electron chi connectivity index (χ0n) is 16.5. The summed E-state index contributed by atoms with van der Waals surface area (Å²) in [6.45, 7) is 3.11. The van der Waals surface area contributed by atoms with Gasteiger partial charge in [-0.3, -0.25) is 14.5 Å². The quantitative estimate of drug-likeness (QED) is 0.602. The van der Waals surface area contributed by atoms with Crippen molar-refractivity contribution in [1.29, 1.82) is 0 Å². The molecule has 3 aromatic rings.